The predicted molar refractivity (Wildman–Crippen MR) is 135 cm³/mol. The summed E-state index contributed by atoms with van der Waals surface area (Å²) in [4.78, 5) is 38.6. The van der Waals surface area contributed by atoms with Crippen LogP contribution in [0.3, 0.4) is 0 Å². The monoisotopic (exact) mass is 506 g/mol. The number of hydrogen-bond acceptors (Lipinski definition) is 4. The maximum atomic E-state index is 14.9. The number of carbonyl (C=O) groups is 3. The van der Waals surface area contributed by atoms with Gasteiger partial charge in [0.1, 0.15) is 5.75 Å². The van der Waals surface area contributed by atoms with Crippen LogP contribution >= 0.6 is 0 Å². The first-order chi connectivity index (χ1) is 17.7. The Morgan fingerprint density at radius 3 is 2.41 bits per heavy atom. The fraction of sp³-hybridized carbons (Fsp3) is 0.179. The summed E-state index contributed by atoms with van der Waals surface area (Å²) >= 11 is 0. The maximum Gasteiger partial charge on any atom is 0.328 e. The summed E-state index contributed by atoms with van der Waals surface area (Å²) in [5, 5.41) is 11.9. The topological polar surface area (TPSA) is 95.9 Å². The second-order valence-corrected chi connectivity index (χ2v) is 8.29. The van der Waals surface area contributed by atoms with Crippen molar-refractivity contribution in [1.29, 1.82) is 0 Å². The summed E-state index contributed by atoms with van der Waals surface area (Å²) in [5.74, 6) is -5.40. The van der Waals surface area contributed by atoms with Gasteiger partial charge in [-0.3, -0.25) is 9.59 Å². The fourth-order valence-corrected chi connectivity index (χ4v) is 4.14. The predicted octanol–water partition coefficient (Wildman–Crippen LogP) is 5.49. The van der Waals surface area contributed by atoms with Crippen molar-refractivity contribution >= 4 is 34.7 Å². The van der Waals surface area contributed by atoms with Crippen molar-refractivity contribution in [2.75, 3.05) is 23.4 Å². The minimum atomic E-state index is -3.44. The molecule has 0 aromatic heterocycles. The Morgan fingerprint density at radius 2 is 1.70 bits per heavy atom. The highest BCUT2D eigenvalue weighted by molar-refractivity contribution is 6.09. The Hall–Kier alpha value is -4.53. The van der Waals surface area contributed by atoms with E-state index in [1.165, 1.54) is 35.2 Å². The highest BCUT2D eigenvalue weighted by Gasteiger charge is 2.41. The SMILES string of the molecule is CCOc1ccccc1C(=O)Nc1ccc(C(=O)N2CCC(F)(F)/C(=C\C(=O)O)c3ccccc32)cc1. The number of nitrogens with one attached hydrogen (secondary N) is 1. The number of amides is 2. The zero-order valence-electron chi connectivity index (χ0n) is 19.9. The Bertz CT molecular complexity index is 1370. The minimum Gasteiger partial charge on any atom is -0.493 e. The van der Waals surface area contributed by atoms with Gasteiger partial charge in [-0.25, -0.2) is 13.6 Å². The number of hydrogen-bond donors (Lipinski definition) is 2. The zero-order chi connectivity index (χ0) is 26.6. The molecule has 2 amide bonds. The number of nitrogens with zero attached hydrogens (tertiary/aromatic N) is 1. The quantitative estimate of drug-likeness (QED) is 0.431. The number of carboxylic acid groups (broad SMARTS) is 1. The summed E-state index contributed by atoms with van der Waals surface area (Å²) in [6.45, 7) is 1.91. The third kappa shape index (κ3) is 5.50. The molecule has 3 aromatic rings. The van der Waals surface area contributed by atoms with E-state index in [9.17, 15) is 23.2 Å². The molecule has 0 saturated heterocycles. The van der Waals surface area contributed by atoms with Crippen LogP contribution in [0.4, 0.5) is 20.2 Å². The molecule has 1 heterocycles. The number of para-hydroxylation sites is 2. The van der Waals surface area contributed by atoms with Crippen molar-refractivity contribution in [1.82, 2.24) is 0 Å². The Kier molecular flexibility index (Phi) is 7.33. The number of halogens is 2. The van der Waals surface area contributed by atoms with E-state index < -0.39 is 29.8 Å². The van der Waals surface area contributed by atoms with Crippen LogP contribution in [-0.4, -0.2) is 42.0 Å². The molecule has 1 aliphatic heterocycles. The Labute approximate surface area is 212 Å². The first-order valence-electron chi connectivity index (χ1n) is 11.6. The van der Waals surface area contributed by atoms with Gasteiger partial charge in [-0.1, -0.05) is 30.3 Å². The average molecular weight is 507 g/mol. The van der Waals surface area contributed by atoms with Crippen LogP contribution in [0.1, 0.15) is 39.6 Å². The lowest BCUT2D eigenvalue weighted by Gasteiger charge is -2.23. The molecule has 0 unspecified atom stereocenters. The molecule has 0 spiro atoms. The van der Waals surface area contributed by atoms with Gasteiger partial charge in [0.25, 0.3) is 17.7 Å². The summed E-state index contributed by atoms with van der Waals surface area (Å²) in [6, 6.07) is 18.9. The second kappa shape index (κ2) is 10.6. The molecular weight excluding hydrogens is 482 g/mol. The normalized spacial score (nSPS) is 15.4. The first-order valence-corrected chi connectivity index (χ1v) is 11.6. The van der Waals surface area contributed by atoms with E-state index in [1.54, 1.807) is 42.5 Å². The molecule has 1 aliphatic rings. The van der Waals surface area contributed by atoms with Crippen molar-refractivity contribution in [2.24, 2.45) is 0 Å². The van der Waals surface area contributed by atoms with Gasteiger partial charge in [-0.15, -0.1) is 0 Å². The van der Waals surface area contributed by atoms with E-state index in [1.807, 2.05) is 6.92 Å². The molecule has 3 aromatic carbocycles. The number of fused-ring (bicyclic) bond motifs is 1. The molecule has 0 atom stereocenters. The van der Waals surface area contributed by atoms with Gasteiger partial charge in [0.2, 0.25) is 0 Å². The molecule has 0 aliphatic carbocycles. The van der Waals surface area contributed by atoms with Crippen LogP contribution in [0.25, 0.3) is 5.57 Å². The lowest BCUT2D eigenvalue weighted by Crippen LogP contribution is -2.33. The fourth-order valence-electron chi connectivity index (χ4n) is 4.14. The van der Waals surface area contributed by atoms with Crippen LogP contribution in [0.5, 0.6) is 5.75 Å². The largest absolute Gasteiger partial charge is 0.493 e. The van der Waals surface area contributed by atoms with Crippen molar-refractivity contribution in [3.8, 4) is 5.75 Å². The summed E-state index contributed by atoms with van der Waals surface area (Å²) in [7, 11) is 0. The van der Waals surface area contributed by atoms with Gasteiger partial charge in [-0.05, 0) is 49.4 Å². The van der Waals surface area contributed by atoms with Gasteiger partial charge in [-0.2, -0.15) is 0 Å². The van der Waals surface area contributed by atoms with Crippen molar-refractivity contribution in [3.63, 3.8) is 0 Å². The summed E-state index contributed by atoms with van der Waals surface area (Å²) in [6.07, 6.45) is -0.242. The first kappa shape index (κ1) is 25.6. The summed E-state index contributed by atoms with van der Waals surface area (Å²) in [5.41, 5.74) is 0.548. The number of carboxylic acids is 1. The molecule has 0 fully saturated rings. The molecule has 0 bridgehead atoms. The van der Waals surface area contributed by atoms with E-state index in [0.717, 1.165) is 0 Å². The van der Waals surface area contributed by atoms with Crippen LogP contribution < -0.4 is 15.0 Å². The molecule has 7 nitrogen and oxygen atoms in total. The van der Waals surface area contributed by atoms with Crippen molar-refractivity contribution in [2.45, 2.75) is 19.3 Å². The number of benzene rings is 3. The second-order valence-electron chi connectivity index (χ2n) is 8.29. The van der Waals surface area contributed by atoms with Gasteiger partial charge in [0, 0.05) is 41.4 Å². The number of alkyl halides is 2. The van der Waals surface area contributed by atoms with Crippen LogP contribution in [0.2, 0.25) is 0 Å². The van der Waals surface area contributed by atoms with Crippen LogP contribution in [-0.2, 0) is 4.79 Å². The average Bonchev–Trinajstić information content (AvgIpc) is 2.98. The molecule has 2 N–H and O–H groups in total. The molecule has 9 heteroatoms. The van der Waals surface area contributed by atoms with Gasteiger partial charge in [0.15, 0.2) is 0 Å². The lowest BCUT2D eigenvalue weighted by molar-refractivity contribution is -0.131. The molecule has 0 radical (unpaired) electrons. The molecule has 4 rings (SSSR count). The number of anilines is 2. The highest BCUT2D eigenvalue weighted by Crippen LogP contribution is 2.43. The minimum absolute atomic E-state index is 0.0161. The molecule has 190 valence electrons. The standard InChI is InChI=1S/C28H24F2N2O5/c1-2-37-24-10-6-4-8-21(24)26(35)31-19-13-11-18(12-14-19)27(36)32-16-15-28(29,30)22(17-25(33)34)20-7-3-5-9-23(20)32/h3-14,17H,2,15-16H2,1H3,(H,31,35)(H,33,34)/b22-17-. The number of carbonyl (C=O) groups excluding carboxylic acids is 2. The molecule has 37 heavy (non-hydrogen) atoms. The smallest absolute Gasteiger partial charge is 0.328 e. The maximum absolute atomic E-state index is 14.9. The van der Waals surface area contributed by atoms with E-state index in [2.05, 4.69) is 5.32 Å². The third-order valence-electron chi connectivity index (χ3n) is 5.86. The number of rotatable bonds is 6. The highest BCUT2D eigenvalue weighted by atomic mass is 19.3. The van der Waals surface area contributed by atoms with Crippen molar-refractivity contribution < 1.29 is 33.0 Å². The molecule has 0 saturated carbocycles. The number of aliphatic carboxylic acids is 1. The molecular formula is C28H24F2N2O5. The van der Waals surface area contributed by atoms with Crippen LogP contribution in [0.15, 0.2) is 78.9 Å². The van der Waals surface area contributed by atoms with E-state index in [0.29, 0.717) is 29.7 Å². The van der Waals surface area contributed by atoms with Crippen LogP contribution in [0, 0.1) is 0 Å². The summed E-state index contributed by atoms with van der Waals surface area (Å²) < 4.78 is 35.3. The zero-order valence-corrected chi connectivity index (χ0v) is 19.9. The van der Waals surface area contributed by atoms with E-state index >= 15 is 0 Å². The Balaban J connectivity index is 1.59. The van der Waals surface area contributed by atoms with E-state index in [-0.39, 0.29) is 29.3 Å². The van der Waals surface area contributed by atoms with Crippen molar-refractivity contribution in [3.05, 3.63) is 95.6 Å². The lowest BCUT2D eigenvalue weighted by atomic mass is 9.97. The van der Waals surface area contributed by atoms with Gasteiger partial charge < -0.3 is 20.1 Å². The van der Waals surface area contributed by atoms with Gasteiger partial charge in [0.05, 0.1) is 17.9 Å². The number of allylic oxidation sites excluding steroid dienone is 1. The Morgan fingerprint density at radius 1 is 1.03 bits per heavy atom. The van der Waals surface area contributed by atoms with Gasteiger partial charge >= 0.3 is 5.97 Å². The third-order valence-corrected chi connectivity index (χ3v) is 5.86. The van der Waals surface area contributed by atoms with E-state index in [4.69, 9.17) is 9.84 Å². The number of ether oxygens (including phenoxy) is 1.